The van der Waals surface area contributed by atoms with E-state index in [0.717, 1.165) is 30.1 Å². The predicted octanol–water partition coefficient (Wildman–Crippen LogP) is 15.8. The number of allylic oxidation sites excluding steroid dienone is 2. The molecule has 5 fully saturated rings. The first kappa shape index (κ1) is 36.4. The summed E-state index contributed by atoms with van der Waals surface area (Å²) < 4.78 is 0. The van der Waals surface area contributed by atoms with E-state index in [1.54, 1.807) is 22.3 Å². The van der Waals surface area contributed by atoms with Crippen LogP contribution in [0.3, 0.4) is 0 Å². The topological polar surface area (TPSA) is 3.24 Å². The molecular formula is C61H59N. The van der Waals surface area contributed by atoms with E-state index in [1.165, 1.54) is 105 Å². The molecule has 8 aliphatic rings. The van der Waals surface area contributed by atoms with Crippen LogP contribution in [-0.2, 0) is 10.8 Å². The van der Waals surface area contributed by atoms with Crippen LogP contribution in [0.25, 0.3) is 44.2 Å². The lowest BCUT2D eigenvalue weighted by atomic mass is 9.27. The molecule has 6 aromatic rings. The van der Waals surface area contributed by atoms with Gasteiger partial charge in [0.25, 0.3) is 0 Å². The SMILES string of the molecule is CC1(C)CCC(C)(C)C2=CC(N(c3ccc4c(c3)C(C)(C)c3ccccc3-4)c3cc4c(cc3-c3ccc5ccccc5c3)-c3ccccc3C43C4CC5CC6CC3C64C5)CC=C21. The Balaban J connectivity index is 1.05. The standard InChI is InChI=1S/C61H59N/c1-57(2)25-26-58(3,4)53-32-42(22-24-50(53)57)62(41-21-23-45-43-15-9-11-17-48(43)59(5,6)51(45)31-41)54-34-52-47(33-46(54)39-20-19-37-13-7-8-14-38(37)29-39)44-16-10-12-18-49(44)61(52)55-28-36-27-40-30-56(61)60(40,55)35-36/h7-21,23-24,29,31-34,36,40,42,55-56H,22,25-28,30,35H2,1-6H3. The number of hydrogen-bond acceptors (Lipinski definition) is 1. The van der Waals surface area contributed by atoms with Gasteiger partial charge in [-0.25, -0.2) is 0 Å². The van der Waals surface area contributed by atoms with Crippen molar-refractivity contribution in [2.45, 2.75) is 103 Å². The van der Waals surface area contributed by atoms with Crippen molar-refractivity contribution in [3.8, 4) is 33.4 Å². The van der Waals surface area contributed by atoms with Crippen LogP contribution in [0.2, 0.25) is 0 Å². The fraction of sp³-hybridized carbons (Fsp3) is 0.377. The Morgan fingerprint density at radius 1 is 0.532 bits per heavy atom. The highest BCUT2D eigenvalue weighted by molar-refractivity contribution is 5.97. The van der Waals surface area contributed by atoms with Gasteiger partial charge in [-0.05, 0) is 187 Å². The van der Waals surface area contributed by atoms with Crippen LogP contribution in [-0.4, -0.2) is 6.04 Å². The molecule has 8 aliphatic carbocycles. The van der Waals surface area contributed by atoms with Gasteiger partial charge in [-0.1, -0.05) is 145 Å². The molecular weight excluding hydrogens is 747 g/mol. The minimum atomic E-state index is -0.0886. The highest BCUT2D eigenvalue weighted by atomic mass is 15.2. The number of nitrogens with zero attached hydrogens (tertiary/aromatic N) is 1. The van der Waals surface area contributed by atoms with Crippen LogP contribution >= 0.6 is 0 Å². The molecule has 1 nitrogen and oxygen atoms in total. The van der Waals surface area contributed by atoms with Gasteiger partial charge in [0.2, 0.25) is 0 Å². The Morgan fingerprint density at radius 2 is 1.23 bits per heavy atom. The molecule has 0 N–H and O–H groups in total. The second-order valence-corrected chi connectivity index (χ2v) is 23.1. The van der Waals surface area contributed by atoms with Crippen LogP contribution in [0.4, 0.5) is 11.4 Å². The molecule has 7 atom stereocenters. The lowest BCUT2D eigenvalue weighted by molar-refractivity contribution is -0.231. The average Bonchev–Trinajstić information content (AvgIpc) is 3.97. The first-order valence-corrected chi connectivity index (χ1v) is 24.2. The highest BCUT2D eigenvalue weighted by Crippen LogP contribution is 2.89. The van der Waals surface area contributed by atoms with Gasteiger partial charge in [0.1, 0.15) is 0 Å². The fourth-order valence-corrected chi connectivity index (χ4v) is 16.5. The molecule has 0 radical (unpaired) electrons. The van der Waals surface area contributed by atoms with Crippen molar-refractivity contribution >= 4 is 22.1 Å². The third-order valence-corrected chi connectivity index (χ3v) is 19.3. The molecule has 14 rings (SSSR count). The molecule has 6 aromatic carbocycles. The van der Waals surface area contributed by atoms with Crippen LogP contribution in [0.15, 0.2) is 145 Å². The lowest BCUT2D eigenvalue weighted by Crippen LogP contribution is -2.73. The molecule has 2 bridgehead atoms. The number of benzene rings is 6. The van der Waals surface area contributed by atoms with Gasteiger partial charge >= 0.3 is 0 Å². The summed E-state index contributed by atoms with van der Waals surface area (Å²) in [6.07, 6.45) is 14.7. The minimum Gasteiger partial charge on any atom is -0.334 e. The fourth-order valence-electron chi connectivity index (χ4n) is 16.5. The summed E-state index contributed by atoms with van der Waals surface area (Å²) in [4.78, 5) is 2.84. The van der Waals surface area contributed by atoms with Crippen molar-refractivity contribution in [1.29, 1.82) is 0 Å². The zero-order valence-electron chi connectivity index (χ0n) is 37.5. The largest absolute Gasteiger partial charge is 0.334 e. The summed E-state index contributed by atoms with van der Waals surface area (Å²) in [6, 6.07) is 48.2. The minimum absolute atomic E-state index is 0.0886. The number of rotatable bonds is 4. The molecule has 308 valence electrons. The Bertz CT molecular complexity index is 3040. The van der Waals surface area contributed by atoms with E-state index in [9.17, 15) is 0 Å². The Hall–Kier alpha value is -5.14. The second kappa shape index (κ2) is 11.7. The molecule has 5 saturated carbocycles. The molecule has 7 unspecified atom stereocenters. The van der Waals surface area contributed by atoms with E-state index in [2.05, 4.69) is 180 Å². The first-order chi connectivity index (χ1) is 29.9. The summed E-state index contributed by atoms with van der Waals surface area (Å²) in [5, 5.41) is 2.60. The van der Waals surface area contributed by atoms with Gasteiger partial charge in [0.15, 0.2) is 0 Å². The van der Waals surface area contributed by atoms with Gasteiger partial charge in [0, 0.05) is 27.8 Å². The first-order valence-electron chi connectivity index (χ1n) is 24.2. The summed E-state index contributed by atoms with van der Waals surface area (Å²) >= 11 is 0. The Labute approximate surface area is 369 Å². The van der Waals surface area contributed by atoms with E-state index < -0.39 is 0 Å². The van der Waals surface area contributed by atoms with E-state index in [0.29, 0.717) is 5.41 Å². The average molecular weight is 806 g/mol. The van der Waals surface area contributed by atoms with Crippen LogP contribution in [0.1, 0.15) is 109 Å². The van der Waals surface area contributed by atoms with Gasteiger partial charge in [-0.2, -0.15) is 0 Å². The lowest BCUT2D eigenvalue weighted by Gasteiger charge is -2.76. The van der Waals surface area contributed by atoms with Gasteiger partial charge in [-0.3, -0.25) is 0 Å². The molecule has 0 aromatic heterocycles. The smallest absolute Gasteiger partial charge is 0.0563 e. The second-order valence-electron chi connectivity index (χ2n) is 23.1. The van der Waals surface area contributed by atoms with Crippen molar-refractivity contribution < 1.29 is 0 Å². The summed E-state index contributed by atoms with van der Waals surface area (Å²) in [5.74, 6) is 3.41. The molecule has 1 heteroatoms. The van der Waals surface area contributed by atoms with E-state index in [4.69, 9.17) is 0 Å². The Kier molecular flexibility index (Phi) is 6.86. The molecule has 62 heavy (non-hydrogen) atoms. The van der Waals surface area contributed by atoms with Gasteiger partial charge < -0.3 is 4.90 Å². The normalized spacial score (nSPS) is 31.2. The predicted molar refractivity (Wildman–Crippen MR) is 258 cm³/mol. The van der Waals surface area contributed by atoms with Gasteiger partial charge in [-0.15, -0.1) is 0 Å². The van der Waals surface area contributed by atoms with Crippen molar-refractivity contribution in [2.24, 2.45) is 39.9 Å². The zero-order chi connectivity index (χ0) is 41.7. The van der Waals surface area contributed by atoms with Crippen LogP contribution in [0, 0.1) is 39.9 Å². The Morgan fingerprint density at radius 3 is 2.03 bits per heavy atom. The van der Waals surface area contributed by atoms with Crippen molar-refractivity contribution in [3.05, 3.63) is 167 Å². The molecule has 2 spiro atoms. The van der Waals surface area contributed by atoms with E-state index >= 15 is 0 Å². The number of fused-ring (bicyclic) bond motifs is 13. The molecule has 0 aliphatic heterocycles. The van der Waals surface area contributed by atoms with Crippen LogP contribution < -0.4 is 4.90 Å². The van der Waals surface area contributed by atoms with Crippen molar-refractivity contribution in [3.63, 3.8) is 0 Å². The van der Waals surface area contributed by atoms with Gasteiger partial charge in [0.05, 0.1) is 6.04 Å². The van der Waals surface area contributed by atoms with Crippen molar-refractivity contribution in [1.82, 2.24) is 0 Å². The maximum atomic E-state index is 2.84. The summed E-state index contributed by atoms with van der Waals surface area (Å²) in [6.45, 7) is 14.9. The number of hydrogen-bond donors (Lipinski definition) is 0. The van der Waals surface area contributed by atoms with Crippen molar-refractivity contribution in [2.75, 3.05) is 4.90 Å². The monoisotopic (exact) mass is 805 g/mol. The highest BCUT2D eigenvalue weighted by Gasteiger charge is 2.84. The zero-order valence-corrected chi connectivity index (χ0v) is 37.5. The maximum Gasteiger partial charge on any atom is 0.0563 e. The van der Waals surface area contributed by atoms with Crippen LogP contribution in [0.5, 0.6) is 0 Å². The maximum absolute atomic E-state index is 2.84. The summed E-state index contributed by atoms with van der Waals surface area (Å²) in [5.41, 5.74) is 21.4. The molecule has 0 saturated heterocycles. The third-order valence-electron chi connectivity index (χ3n) is 19.3. The number of anilines is 2. The summed E-state index contributed by atoms with van der Waals surface area (Å²) in [7, 11) is 0. The molecule has 0 amide bonds. The van der Waals surface area contributed by atoms with E-state index in [-0.39, 0.29) is 27.7 Å². The molecule has 0 heterocycles. The quantitative estimate of drug-likeness (QED) is 0.172. The third kappa shape index (κ3) is 4.28. The van der Waals surface area contributed by atoms with E-state index in [1.807, 2.05) is 0 Å².